The second kappa shape index (κ2) is 12.2. The third-order valence-electron chi connectivity index (χ3n) is 7.27. The van der Waals surface area contributed by atoms with Crippen LogP contribution in [-0.4, -0.2) is 27.5 Å². The Hall–Kier alpha value is -2.14. The maximum atomic E-state index is 11.2. The van der Waals surface area contributed by atoms with Gasteiger partial charge in [0, 0.05) is 27.2 Å². The molecule has 0 amide bonds. The summed E-state index contributed by atoms with van der Waals surface area (Å²) in [5, 5.41) is 20.3. The molecule has 0 aromatic heterocycles. The Labute approximate surface area is 254 Å². The van der Waals surface area contributed by atoms with Crippen LogP contribution in [0.15, 0.2) is 29.2 Å². The van der Waals surface area contributed by atoms with Crippen molar-refractivity contribution < 1.29 is 19.7 Å². The average Bonchev–Trinajstić information content (AvgIpc) is 2.74. The van der Waals surface area contributed by atoms with Gasteiger partial charge >= 0.3 is 5.97 Å². The van der Waals surface area contributed by atoms with E-state index >= 15 is 0 Å². The molecule has 5 heteroatoms. The number of hydrogen-bond acceptors (Lipinski definition) is 4. The van der Waals surface area contributed by atoms with Crippen LogP contribution in [0.4, 0.5) is 0 Å². The smallest absolute Gasteiger partial charge is 0.303 e. The minimum Gasteiger partial charge on any atom is -0.507 e. The number of phenolic OH excluding ortho intramolecular Hbond substituents is 1. The van der Waals surface area contributed by atoms with Gasteiger partial charge in [-0.25, -0.2) is 0 Å². The molecule has 0 saturated carbocycles. The van der Waals surface area contributed by atoms with Gasteiger partial charge in [-0.15, -0.1) is 11.8 Å². The molecule has 0 saturated heterocycles. The highest BCUT2D eigenvalue weighted by Crippen LogP contribution is 2.46. The van der Waals surface area contributed by atoms with Gasteiger partial charge in [-0.3, -0.25) is 4.79 Å². The van der Waals surface area contributed by atoms with Gasteiger partial charge in [0.1, 0.15) is 11.5 Å². The summed E-state index contributed by atoms with van der Waals surface area (Å²) >= 11 is 1.88. The zero-order chi connectivity index (χ0) is 31.8. The number of thioether (sulfide) groups is 1. The number of aromatic hydroxyl groups is 1. The minimum absolute atomic E-state index is 0.100. The Bertz CT molecular complexity index is 1160. The fraction of sp³-hybridized carbons (Fsp3) is 0.639. The van der Waals surface area contributed by atoms with Crippen LogP contribution in [0.2, 0.25) is 0 Å². The van der Waals surface area contributed by atoms with Crippen molar-refractivity contribution in [2.24, 2.45) is 0 Å². The van der Waals surface area contributed by atoms with Gasteiger partial charge < -0.3 is 14.9 Å². The van der Waals surface area contributed by atoms with Gasteiger partial charge in [-0.05, 0) is 63.3 Å². The van der Waals surface area contributed by atoms with Crippen molar-refractivity contribution in [1.29, 1.82) is 0 Å². The quantitative estimate of drug-likeness (QED) is 0.227. The highest BCUT2D eigenvalue weighted by molar-refractivity contribution is 8.00. The molecule has 0 unspecified atom stereocenters. The van der Waals surface area contributed by atoms with E-state index in [1.165, 1.54) is 10.5 Å². The largest absolute Gasteiger partial charge is 0.507 e. The molecule has 0 aliphatic heterocycles. The van der Waals surface area contributed by atoms with E-state index < -0.39 is 5.97 Å². The molecule has 41 heavy (non-hydrogen) atoms. The molecule has 0 aliphatic carbocycles. The molecule has 2 aromatic rings. The van der Waals surface area contributed by atoms with Crippen LogP contribution in [0.25, 0.3) is 0 Å². The lowest BCUT2D eigenvalue weighted by molar-refractivity contribution is -0.137. The second-order valence-corrected chi connectivity index (χ2v) is 18.1. The first-order valence-electron chi connectivity index (χ1n) is 14.9. The summed E-state index contributed by atoms with van der Waals surface area (Å²) in [6, 6.07) is 8.93. The van der Waals surface area contributed by atoms with Crippen molar-refractivity contribution >= 4 is 17.7 Å². The summed E-state index contributed by atoms with van der Waals surface area (Å²) in [4.78, 5) is 12.3. The average molecular weight is 585 g/mol. The highest BCUT2D eigenvalue weighted by atomic mass is 32.2. The lowest BCUT2D eigenvalue weighted by Crippen LogP contribution is -2.23. The number of phenols is 1. The molecule has 0 aliphatic rings. The maximum Gasteiger partial charge on any atom is 0.303 e. The molecule has 2 rings (SSSR count). The monoisotopic (exact) mass is 584 g/mol. The number of hydrogen-bond donors (Lipinski definition) is 2. The zero-order valence-corrected chi connectivity index (χ0v) is 29.1. The molecule has 0 spiro atoms. The van der Waals surface area contributed by atoms with E-state index in [-0.39, 0.29) is 32.8 Å². The van der Waals surface area contributed by atoms with Crippen LogP contribution in [0, 0.1) is 0 Å². The van der Waals surface area contributed by atoms with E-state index in [0.717, 1.165) is 34.4 Å². The third kappa shape index (κ3) is 9.70. The Morgan fingerprint density at radius 2 is 1.12 bits per heavy atom. The summed E-state index contributed by atoms with van der Waals surface area (Å²) in [5.74, 6) is 0.510. The molecule has 2 N–H and O–H groups in total. The van der Waals surface area contributed by atoms with Gasteiger partial charge in [-0.1, -0.05) is 109 Å². The molecular weight excluding hydrogens is 528 g/mol. The van der Waals surface area contributed by atoms with Crippen LogP contribution in [0.3, 0.4) is 0 Å². The predicted octanol–water partition coefficient (Wildman–Crippen LogP) is 9.94. The summed E-state index contributed by atoms with van der Waals surface area (Å²) < 4.78 is 6.24. The van der Waals surface area contributed by atoms with Crippen molar-refractivity contribution in [3.63, 3.8) is 0 Å². The normalized spacial score (nSPS) is 13.4. The Morgan fingerprint density at radius 1 is 0.707 bits per heavy atom. The summed E-state index contributed by atoms with van der Waals surface area (Å²) in [7, 11) is 0. The number of benzene rings is 2. The molecule has 0 heterocycles. The van der Waals surface area contributed by atoms with E-state index in [4.69, 9.17) is 9.84 Å². The number of carboxylic acids is 1. The number of ether oxygens (including phenoxy) is 1. The summed E-state index contributed by atoms with van der Waals surface area (Å²) in [5.41, 5.74) is 4.89. The first-order chi connectivity index (χ1) is 18.3. The van der Waals surface area contributed by atoms with Crippen LogP contribution in [0.5, 0.6) is 11.5 Å². The van der Waals surface area contributed by atoms with Crippen LogP contribution in [-0.2, 0) is 32.9 Å². The molecule has 0 fully saturated rings. The molecule has 4 nitrogen and oxygen atoms in total. The second-order valence-electron chi connectivity index (χ2n) is 16.3. The van der Waals surface area contributed by atoms with E-state index in [1.54, 1.807) is 0 Å². The Morgan fingerprint density at radius 3 is 1.49 bits per heavy atom. The molecule has 230 valence electrons. The Kier molecular flexibility index (Phi) is 10.5. The van der Waals surface area contributed by atoms with Gasteiger partial charge in [0.2, 0.25) is 0 Å². The molecule has 0 bridgehead atoms. The zero-order valence-electron chi connectivity index (χ0n) is 28.3. The van der Waals surface area contributed by atoms with Crippen molar-refractivity contribution in [3.8, 4) is 11.5 Å². The lowest BCUT2D eigenvalue weighted by Gasteiger charge is -2.33. The lowest BCUT2D eigenvalue weighted by atomic mass is 9.77. The standard InChI is InChI=1S/C36H56O4S/c1-32(2,3)25-18-23(19-26(30(25)39)33(4,5)6)22-36(13,14)41-24-20-27(34(7,8)9)31(28(21-24)35(10,11)12)40-17-15-16-29(37)38/h18-21,39H,15-17,22H2,1-14H3,(H,37,38). The minimum atomic E-state index is -0.799. The fourth-order valence-corrected chi connectivity index (χ4v) is 6.35. The van der Waals surface area contributed by atoms with Gasteiger partial charge in [0.05, 0.1) is 6.61 Å². The number of aliphatic carboxylic acids is 1. The number of carboxylic acid groups (broad SMARTS) is 1. The first-order valence-corrected chi connectivity index (χ1v) is 15.7. The SMILES string of the molecule is CC(C)(Cc1cc(C(C)(C)C)c(O)c(C(C)(C)C)c1)Sc1cc(C(C)(C)C)c(OCCCC(=O)O)c(C(C)(C)C)c1. The third-order valence-corrected chi connectivity index (χ3v) is 8.44. The van der Waals surface area contributed by atoms with E-state index in [2.05, 4.69) is 121 Å². The van der Waals surface area contributed by atoms with Crippen LogP contribution >= 0.6 is 11.8 Å². The Balaban J connectivity index is 2.57. The van der Waals surface area contributed by atoms with Crippen LogP contribution in [0.1, 0.15) is 138 Å². The number of carbonyl (C=O) groups is 1. The van der Waals surface area contributed by atoms with Gasteiger partial charge in [0.15, 0.2) is 0 Å². The van der Waals surface area contributed by atoms with Gasteiger partial charge in [0.25, 0.3) is 0 Å². The number of rotatable bonds is 9. The van der Waals surface area contributed by atoms with Crippen molar-refractivity contribution in [1.82, 2.24) is 0 Å². The highest BCUT2D eigenvalue weighted by Gasteiger charge is 2.31. The molecule has 2 aromatic carbocycles. The first kappa shape index (κ1) is 35.1. The van der Waals surface area contributed by atoms with Crippen molar-refractivity contribution in [2.45, 2.75) is 147 Å². The van der Waals surface area contributed by atoms with E-state index in [9.17, 15) is 9.90 Å². The summed E-state index contributed by atoms with van der Waals surface area (Å²) in [6.45, 7) is 31.1. The summed E-state index contributed by atoms with van der Waals surface area (Å²) in [6.07, 6.45) is 1.43. The predicted molar refractivity (Wildman–Crippen MR) is 175 cm³/mol. The van der Waals surface area contributed by atoms with E-state index in [1.807, 2.05) is 11.8 Å². The van der Waals surface area contributed by atoms with Gasteiger partial charge in [-0.2, -0.15) is 0 Å². The fourth-order valence-electron chi connectivity index (χ4n) is 5.12. The molecule has 0 atom stereocenters. The topological polar surface area (TPSA) is 66.8 Å². The van der Waals surface area contributed by atoms with Crippen molar-refractivity contribution in [2.75, 3.05) is 6.61 Å². The molecule has 0 radical (unpaired) electrons. The van der Waals surface area contributed by atoms with E-state index in [0.29, 0.717) is 18.8 Å². The van der Waals surface area contributed by atoms with Crippen molar-refractivity contribution in [3.05, 3.63) is 52.1 Å². The van der Waals surface area contributed by atoms with Crippen LogP contribution < -0.4 is 4.74 Å². The molecular formula is C36H56O4S. The maximum absolute atomic E-state index is 11.2.